The van der Waals surface area contributed by atoms with E-state index >= 15 is 0 Å². The average molecular weight is 446 g/mol. The lowest BCUT2D eigenvalue weighted by Crippen LogP contribution is -2.32. The number of aryl methyl sites for hydroxylation is 1. The fourth-order valence-electron chi connectivity index (χ4n) is 3.18. The number of rotatable bonds is 6. The van der Waals surface area contributed by atoms with E-state index < -0.39 is 11.8 Å². The Balaban J connectivity index is 1.43. The summed E-state index contributed by atoms with van der Waals surface area (Å²) in [7, 11) is 1.57. The van der Waals surface area contributed by atoms with Gasteiger partial charge in [0, 0.05) is 23.0 Å². The van der Waals surface area contributed by atoms with Crippen LogP contribution in [-0.2, 0) is 9.59 Å². The van der Waals surface area contributed by atoms with Crippen LogP contribution < -0.4 is 30.3 Å². The Morgan fingerprint density at radius 1 is 1.00 bits per heavy atom. The first-order valence-electron chi connectivity index (χ1n) is 10.1. The molecule has 3 aromatic rings. The second-order valence-corrected chi connectivity index (χ2v) is 7.09. The molecule has 2 amide bonds. The summed E-state index contributed by atoms with van der Waals surface area (Å²) in [4.78, 5) is 24.4. The first-order valence-corrected chi connectivity index (χ1v) is 10.1. The predicted molar refractivity (Wildman–Crippen MR) is 124 cm³/mol. The zero-order valence-electron chi connectivity index (χ0n) is 18.0. The van der Waals surface area contributed by atoms with Crippen molar-refractivity contribution in [3.05, 3.63) is 71.8 Å². The van der Waals surface area contributed by atoms with Crippen molar-refractivity contribution in [3.63, 3.8) is 0 Å². The lowest BCUT2D eigenvalue weighted by atomic mass is 10.1. The number of carbonyl (C=O) groups excluding carboxylic acids is 2. The van der Waals surface area contributed by atoms with Gasteiger partial charge in [0.2, 0.25) is 6.79 Å². The molecule has 168 valence electrons. The zero-order valence-corrected chi connectivity index (χ0v) is 18.0. The van der Waals surface area contributed by atoms with E-state index in [9.17, 15) is 9.59 Å². The van der Waals surface area contributed by atoms with Crippen molar-refractivity contribution < 1.29 is 23.8 Å². The molecule has 0 spiro atoms. The topological polar surface area (TPSA) is 110 Å². The van der Waals surface area contributed by atoms with Gasteiger partial charge < -0.3 is 24.8 Å². The number of benzene rings is 3. The Labute approximate surface area is 190 Å². The molecule has 0 unspecified atom stereocenters. The molecule has 1 heterocycles. The van der Waals surface area contributed by atoms with E-state index in [2.05, 4.69) is 21.2 Å². The second kappa shape index (κ2) is 9.73. The van der Waals surface area contributed by atoms with Gasteiger partial charge in [0.25, 0.3) is 0 Å². The Bertz CT molecular complexity index is 1230. The van der Waals surface area contributed by atoms with E-state index in [1.165, 1.54) is 6.21 Å². The van der Waals surface area contributed by atoms with Gasteiger partial charge in [-0.05, 0) is 36.8 Å². The van der Waals surface area contributed by atoms with Gasteiger partial charge in [0.15, 0.2) is 11.5 Å². The number of hydrogen-bond acceptors (Lipinski definition) is 7. The number of anilines is 3. The Morgan fingerprint density at radius 3 is 2.64 bits per heavy atom. The van der Waals surface area contributed by atoms with Crippen LogP contribution in [0.5, 0.6) is 17.2 Å². The van der Waals surface area contributed by atoms with E-state index in [-0.39, 0.29) is 6.79 Å². The van der Waals surface area contributed by atoms with Crippen molar-refractivity contribution in [3.8, 4) is 17.2 Å². The monoisotopic (exact) mass is 446 g/mol. The molecule has 33 heavy (non-hydrogen) atoms. The highest BCUT2D eigenvalue weighted by molar-refractivity contribution is 6.39. The number of nitrogens with zero attached hydrogens (tertiary/aromatic N) is 1. The standard InChI is InChI=1S/C24H22N4O5/c1-15-6-3-4-8-18(15)27-22-16(7-5-9-20(22)31-2)13-25-28-24(30)23(29)26-17-10-11-19-21(12-17)33-14-32-19/h3-13,27H,14H2,1-2H3,(H,26,29)(H,28,30)/b25-13-. The smallest absolute Gasteiger partial charge is 0.329 e. The van der Waals surface area contributed by atoms with Gasteiger partial charge in [-0.25, -0.2) is 5.43 Å². The first-order chi connectivity index (χ1) is 16.0. The van der Waals surface area contributed by atoms with Crippen LogP contribution in [0.3, 0.4) is 0 Å². The summed E-state index contributed by atoms with van der Waals surface area (Å²) in [6.45, 7) is 2.11. The molecule has 0 aromatic heterocycles. The van der Waals surface area contributed by atoms with Crippen LogP contribution >= 0.6 is 0 Å². The molecule has 0 bridgehead atoms. The number of fused-ring (bicyclic) bond motifs is 1. The van der Waals surface area contributed by atoms with E-state index in [1.54, 1.807) is 31.4 Å². The third-order valence-electron chi connectivity index (χ3n) is 4.89. The normalized spacial score (nSPS) is 11.8. The highest BCUT2D eigenvalue weighted by Crippen LogP contribution is 2.34. The van der Waals surface area contributed by atoms with Gasteiger partial charge in [-0.2, -0.15) is 5.10 Å². The van der Waals surface area contributed by atoms with E-state index in [0.29, 0.717) is 34.2 Å². The van der Waals surface area contributed by atoms with Crippen LogP contribution in [0, 0.1) is 6.92 Å². The van der Waals surface area contributed by atoms with Crippen LogP contribution in [0.1, 0.15) is 11.1 Å². The summed E-state index contributed by atoms with van der Waals surface area (Å²) in [5.74, 6) is -0.0994. The van der Waals surface area contributed by atoms with Gasteiger partial charge in [-0.3, -0.25) is 9.59 Å². The van der Waals surface area contributed by atoms with Crippen LogP contribution in [0.15, 0.2) is 65.8 Å². The van der Waals surface area contributed by atoms with Crippen molar-refractivity contribution in [2.24, 2.45) is 5.10 Å². The highest BCUT2D eigenvalue weighted by atomic mass is 16.7. The molecule has 0 aliphatic carbocycles. The number of carbonyl (C=O) groups is 2. The van der Waals surface area contributed by atoms with Crippen molar-refractivity contribution in [1.29, 1.82) is 0 Å². The molecule has 3 aromatic carbocycles. The fraction of sp³-hybridized carbons (Fsp3) is 0.125. The second-order valence-electron chi connectivity index (χ2n) is 7.09. The molecule has 4 rings (SSSR count). The maximum atomic E-state index is 12.2. The summed E-state index contributed by atoms with van der Waals surface area (Å²) in [5.41, 5.74) is 5.94. The van der Waals surface area contributed by atoms with Gasteiger partial charge >= 0.3 is 11.8 Å². The zero-order chi connectivity index (χ0) is 23.2. The Hall–Kier alpha value is -4.53. The van der Waals surface area contributed by atoms with E-state index in [4.69, 9.17) is 14.2 Å². The van der Waals surface area contributed by atoms with Crippen molar-refractivity contribution in [2.45, 2.75) is 6.92 Å². The van der Waals surface area contributed by atoms with Gasteiger partial charge in [-0.1, -0.05) is 30.3 Å². The van der Waals surface area contributed by atoms with E-state index in [1.807, 2.05) is 43.3 Å². The number of hydrazone groups is 1. The fourth-order valence-corrected chi connectivity index (χ4v) is 3.18. The average Bonchev–Trinajstić information content (AvgIpc) is 3.29. The number of para-hydroxylation sites is 2. The number of ether oxygens (including phenoxy) is 3. The van der Waals surface area contributed by atoms with Crippen molar-refractivity contribution in [1.82, 2.24) is 5.43 Å². The Morgan fingerprint density at radius 2 is 1.82 bits per heavy atom. The molecule has 3 N–H and O–H groups in total. The molecule has 9 nitrogen and oxygen atoms in total. The Kier molecular flexibility index (Phi) is 6.40. The lowest BCUT2D eigenvalue weighted by molar-refractivity contribution is -0.136. The lowest BCUT2D eigenvalue weighted by Gasteiger charge is -2.15. The van der Waals surface area contributed by atoms with Crippen LogP contribution in [0.4, 0.5) is 17.1 Å². The van der Waals surface area contributed by atoms with Gasteiger partial charge in [0.05, 0.1) is 19.0 Å². The summed E-state index contributed by atoms with van der Waals surface area (Å²) in [6.07, 6.45) is 1.44. The molecule has 1 aliphatic rings. The number of amides is 2. The maximum absolute atomic E-state index is 12.2. The van der Waals surface area contributed by atoms with Crippen LogP contribution in [0.2, 0.25) is 0 Å². The molecular weight excluding hydrogens is 424 g/mol. The number of methoxy groups -OCH3 is 1. The summed E-state index contributed by atoms with van der Waals surface area (Å²) < 4.78 is 16.0. The summed E-state index contributed by atoms with van der Waals surface area (Å²) in [6, 6.07) is 18.1. The third kappa shape index (κ3) is 5.04. The third-order valence-corrected chi connectivity index (χ3v) is 4.89. The van der Waals surface area contributed by atoms with Crippen molar-refractivity contribution >= 4 is 35.1 Å². The minimum absolute atomic E-state index is 0.118. The molecule has 1 aliphatic heterocycles. The van der Waals surface area contributed by atoms with Crippen LogP contribution in [-0.4, -0.2) is 31.9 Å². The quantitative estimate of drug-likeness (QED) is 0.303. The van der Waals surface area contributed by atoms with E-state index in [0.717, 1.165) is 11.3 Å². The number of nitrogens with one attached hydrogen (secondary N) is 3. The highest BCUT2D eigenvalue weighted by Gasteiger charge is 2.17. The SMILES string of the molecule is COc1cccc(/C=N\NC(=O)C(=O)Nc2ccc3c(c2)OCO3)c1Nc1ccccc1C. The molecule has 9 heteroatoms. The largest absolute Gasteiger partial charge is 0.495 e. The van der Waals surface area contributed by atoms with Gasteiger partial charge in [-0.15, -0.1) is 0 Å². The summed E-state index contributed by atoms with van der Waals surface area (Å²) in [5, 5.41) is 9.78. The minimum Gasteiger partial charge on any atom is -0.495 e. The minimum atomic E-state index is -0.916. The molecule has 0 atom stereocenters. The molecule has 0 saturated carbocycles. The summed E-state index contributed by atoms with van der Waals surface area (Å²) >= 11 is 0. The molecular formula is C24H22N4O5. The van der Waals surface area contributed by atoms with Crippen LogP contribution in [0.25, 0.3) is 0 Å². The molecule has 0 saturated heterocycles. The first kappa shape index (κ1) is 21.7. The molecule has 0 radical (unpaired) electrons. The predicted octanol–water partition coefficient (Wildman–Crippen LogP) is 3.56. The van der Waals surface area contributed by atoms with Crippen molar-refractivity contribution in [2.75, 3.05) is 24.5 Å². The van der Waals surface area contributed by atoms with Gasteiger partial charge in [0.1, 0.15) is 5.75 Å². The molecule has 0 fully saturated rings. The number of hydrogen-bond donors (Lipinski definition) is 3. The maximum Gasteiger partial charge on any atom is 0.329 e.